The van der Waals surface area contributed by atoms with E-state index in [0.717, 1.165) is 16.6 Å². The third-order valence-corrected chi connectivity index (χ3v) is 3.75. The SMILES string of the molecule is O.Oc1ccccc1/C=N/NC(=S)NNc1ccnc2cc(Cl)ccc12.[Cl-].[Cl-].[Co+2]. The molecule has 0 aliphatic rings. The van der Waals surface area contributed by atoms with Crippen molar-refractivity contribution in [3.63, 3.8) is 0 Å². The van der Waals surface area contributed by atoms with Crippen LogP contribution in [0, 0.1) is 0 Å². The van der Waals surface area contributed by atoms with Gasteiger partial charge in [0.25, 0.3) is 0 Å². The van der Waals surface area contributed by atoms with Crippen molar-refractivity contribution >= 4 is 51.7 Å². The van der Waals surface area contributed by atoms with Gasteiger partial charge in [0.1, 0.15) is 5.75 Å². The molecule has 0 spiro atoms. The first-order chi connectivity index (χ1) is 12.1. The third-order valence-electron chi connectivity index (χ3n) is 3.32. The summed E-state index contributed by atoms with van der Waals surface area (Å²) in [6.45, 7) is 0. The zero-order valence-corrected chi connectivity index (χ0v) is 18.6. The number of pyridine rings is 1. The molecule has 1 heterocycles. The predicted octanol–water partition coefficient (Wildman–Crippen LogP) is -3.40. The maximum Gasteiger partial charge on any atom is 2.00 e. The Kier molecular flexibility index (Phi) is 14.4. The smallest absolute Gasteiger partial charge is 1.00 e. The summed E-state index contributed by atoms with van der Waals surface area (Å²) in [5, 5.41) is 15.4. The van der Waals surface area contributed by atoms with Crippen LogP contribution in [0.2, 0.25) is 5.02 Å². The Morgan fingerprint density at radius 3 is 2.59 bits per heavy atom. The molecule has 2 aromatic carbocycles. The van der Waals surface area contributed by atoms with Crippen molar-refractivity contribution in [2.24, 2.45) is 5.10 Å². The summed E-state index contributed by atoms with van der Waals surface area (Å²) >= 11 is 11.1. The van der Waals surface area contributed by atoms with Gasteiger partial charge in [-0.25, -0.2) is 0 Å². The quantitative estimate of drug-likeness (QED) is 0.162. The van der Waals surface area contributed by atoms with Gasteiger partial charge in [0.15, 0.2) is 0 Å². The summed E-state index contributed by atoms with van der Waals surface area (Å²) < 4.78 is 0. The fourth-order valence-electron chi connectivity index (χ4n) is 2.14. The van der Waals surface area contributed by atoms with Gasteiger partial charge in [0.05, 0.1) is 17.4 Å². The second-order valence-electron chi connectivity index (χ2n) is 5.03. The molecule has 3 aromatic rings. The number of anilines is 1. The van der Waals surface area contributed by atoms with E-state index >= 15 is 0 Å². The van der Waals surface area contributed by atoms with Crippen LogP contribution in [0.15, 0.2) is 59.8 Å². The number of phenolic OH excluding ortho intramolecular Hbond substituents is 1. The van der Waals surface area contributed by atoms with Crippen LogP contribution in [0.25, 0.3) is 10.9 Å². The van der Waals surface area contributed by atoms with Gasteiger partial charge in [-0.3, -0.25) is 21.3 Å². The zero-order chi connectivity index (χ0) is 17.6. The number of hydrogen-bond donors (Lipinski definition) is 4. The summed E-state index contributed by atoms with van der Waals surface area (Å²) in [4.78, 5) is 4.27. The maximum atomic E-state index is 9.65. The van der Waals surface area contributed by atoms with Crippen molar-refractivity contribution in [2.75, 3.05) is 5.43 Å². The molecule has 0 bridgehead atoms. The molecule has 0 fully saturated rings. The first kappa shape index (κ1) is 29.3. The molecule has 7 nitrogen and oxygen atoms in total. The Labute approximate surface area is 200 Å². The summed E-state index contributed by atoms with van der Waals surface area (Å²) in [6, 6.07) is 14.1. The van der Waals surface area contributed by atoms with E-state index < -0.39 is 0 Å². The summed E-state index contributed by atoms with van der Waals surface area (Å²) in [5.74, 6) is 0.145. The topological polar surface area (TPSA) is 113 Å². The van der Waals surface area contributed by atoms with Crippen molar-refractivity contribution in [3.05, 3.63) is 65.3 Å². The third kappa shape index (κ3) is 8.19. The van der Waals surface area contributed by atoms with Crippen molar-refractivity contribution in [1.82, 2.24) is 15.8 Å². The van der Waals surface area contributed by atoms with Crippen LogP contribution < -0.4 is 41.1 Å². The Hall–Kier alpha value is -1.85. The Balaban J connectivity index is 0. The molecule has 1 aromatic heterocycles. The molecule has 1 radical (unpaired) electrons. The number of fused-ring (bicyclic) bond motifs is 1. The average Bonchev–Trinajstić information content (AvgIpc) is 2.61. The molecule has 0 amide bonds. The first-order valence-electron chi connectivity index (χ1n) is 7.31. The number of benzene rings is 2. The van der Waals surface area contributed by atoms with Crippen LogP contribution in [0.4, 0.5) is 5.69 Å². The van der Waals surface area contributed by atoms with Crippen molar-refractivity contribution in [1.29, 1.82) is 0 Å². The fraction of sp³-hybridized carbons (Fsp3) is 0. The van der Waals surface area contributed by atoms with E-state index in [1.165, 1.54) is 6.21 Å². The second kappa shape index (κ2) is 14.2. The van der Waals surface area contributed by atoms with Gasteiger partial charge in [-0.2, -0.15) is 5.10 Å². The van der Waals surface area contributed by atoms with E-state index in [1.807, 2.05) is 12.1 Å². The Bertz CT molecular complexity index is 965. The minimum atomic E-state index is 0. The molecule has 29 heavy (non-hydrogen) atoms. The number of aromatic hydroxyl groups is 1. The number of thiocarbonyl (C=S) groups is 1. The molecule has 0 unspecified atom stereocenters. The molecular formula is C17H16Cl3CoN5O2S. The standard InChI is InChI=1S/C17H14ClN5OS.2ClH.Co.H2O/c18-12-5-6-13-14(7-8-19-15(13)9-12)21-23-17(25)22-20-10-11-3-1-2-4-16(11)24;;;;/h1-10,24H,(H,19,21)(H2,22,23,25);2*1H;;1H2/q;;;+2;/p-2/b20-10+;;;;. The van der Waals surface area contributed by atoms with E-state index in [1.54, 1.807) is 42.6 Å². The minimum Gasteiger partial charge on any atom is -1.00 e. The van der Waals surface area contributed by atoms with Gasteiger partial charge in [0, 0.05) is 22.2 Å². The van der Waals surface area contributed by atoms with Crippen LogP contribution in [-0.2, 0) is 16.8 Å². The predicted molar refractivity (Wildman–Crippen MR) is 109 cm³/mol. The van der Waals surface area contributed by atoms with Crippen molar-refractivity contribution in [2.45, 2.75) is 0 Å². The van der Waals surface area contributed by atoms with E-state index in [-0.39, 0.29) is 57.9 Å². The summed E-state index contributed by atoms with van der Waals surface area (Å²) in [5.41, 5.74) is 10.7. The van der Waals surface area contributed by atoms with Crippen molar-refractivity contribution < 1.29 is 52.2 Å². The van der Waals surface area contributed by atoms with Gasteiger partial charge in [-0.15, -0.1) is 0 Å². The number of aromatic nitrogens is 1. The van der Waals surface area contributed by atoms with Crippen LogP contribution in [0.3, 0.4) is 0 Å². The molecule has 0 aliphatic carbocycles. The van der Waals surface area contributed by atoms with Crippen LogP contribution in [0.1, 0.15) is 5.56 Å². The number of rotatable bonds is 4. The van der Waals surface area contributed by atoms with E-state index in [2.05, 4.69) is 26.4 Å². The van der Waals surface area contributed by atoms with E-state index in [9.17, 15) is 5.11 Å². The number of nitrogens with zero attached hydrogens (tertiary/aromatic N) is 2. The number of halogens is 3. The number of nitrogens with one attached hydrogen (secondary N) is 3. The monoisotopic (exact) mass is 518 g/mol. The van der Waals surface area contributed by atoms with E-state index in [4.69, 9.17) is 23.8 Å². The van der Waals surface area contributed by atoms with Crippen LogP contribution in [-0.4, -0.2) is 26.9 Å². The summed E-state index contributed by atoms with van der Waals surface area (Å²) in [6.07, 6.45) is 3.16. The Morgan fingerprint density at radius 1 is 1.14 bits per heavy atom. The van der Waals surface area contributed by atoms with Crippen molar-refractivity contribution in [3.8, 4) is 5.75 Å². The normalized spacial score (nSPS) is 9.28. The van der Waals surface area contributed by atoms with Gasteiger partial charge >= 0.3 is 16.8 Å². The molecule has 0 atom stereocenters. The number of para-hydroxylation sites is 1. The van der Waals surface area contributed by atoms with Gasteiger partial charge in [-0.1, -0.05) is 23.7 Å². The molecule has 0 saturated carbocycles. The number of hydrazine groups is 1. The zero-order valence-electron chi connectivity index (χ0n) is 14.5. The Morgan fingerprint density at radius 2 is 1.86 bits per heavy atom. The molecule has 157 valence electrons. The number of phenols is 1. The minimum absolute atomic E-state index is 0. The number of hydrogen-bond acceptors (Lipinski definition) is 5. The second-order valence-corrected chi connectivity index (χ2v) is 5.87. The van der Waals surface area contributed by atoms with E-state index in [0.29, 0.717) is 10.6 Å². The van der Waals surface area contributed by atoms with Crippen LogP contribution in [0.5, 0.6) is 5.75 Å². The molecule has 12 heteroatoms. The largest absolute Gasteiger partial charge is 2.00 e. The van der Waals surface area contributed by atoms with Gasteiger partial charge < -0.3 is 35.4 Å². The average molecular weight is 520 g/mol. The maximum absolute atomic E-state index is 9.65. The fourth-order valence-corrected chi connectivity index (χ4v) is 2.41. The molecule has 0 aliphatic heterocycles. The van der Waals surface area contributed by atoms with Gasteiger partial charge in [-0.05, 0) is 48.6 Å². The molecule has 0 saturated heterocycles. The number of hydrazone groups is 1. The molecule has 6 N–H and O–H groups in total. The molecule has 3 rings (SSSR count). The summed E-state index contributed by atoms with van der Waals surface area (Å²) in [7, 11) is 0. The molecular weight excluding hydrogens is 504 g/mol. The van der Waals surface area contributed by atoms with Crippen LogP contribution >= 0.6 is 23.8 Å². The first-order valence-corrected chi connectivity index (χ1v) is 8.09. The van der Waals surface area contributed by atoms with Gasteiger partial charge in [0.2, 0.25) is 5.11 Å².